The Labute approximate surface area is 111 Å². The fourth-order valence-electron chi connectivity index (χ4n) is 3.07. The molecule has 3 N–H and O–H groups in total. The summed E-state index contributed by atoms with van der Waals surface area (Å²) in [5.74, 6) is 0.134. The molecule has 0 aromatic rings. The predicted octanol–water partition coefficient (Wildman–Crippen LogP) is 1.51. The largest absolute Gasteiger partial charge is 0.395 e. The molecule has 1 aliphatic rings. The highest BCUT2D eigenvalue weighted by atomic mass is 16.3. The van der Waals surface area contributed by atoms with Gasteiger partial charge in [0, 0.05) is 18.6 Å². The smallest absolute Gasteiger partial charge is 0.230 e. The van der Waals surface area contributed by atoms with Crippen molar-refractivity contribution in [1.29, 1.82) is 0 Å². The number of aliphatic hydroxyl groups is 1. The molecule has 2 unspecified atom stereocenters. The minimum absolute atomic E-state index is 0.0214. The summed E-state index contributed by atoms with van der Waals surface area (Å²) in [4.78, 5) is 14.6. The Morgan fingerprint density at radius 2 is 2.11 bits per heavy atom. The molecule has 1 rings (SSSR count). The van der Waals surface area contributed by atoms with E-state index in [-0.39, 0.29) is 24.6 Å². The van der Waals surface area contributed by atoms with Crippen molar-refractivity contribution < 1.29 is 9.90 Å². The third-order valence-corrected chi connectivity index (χ3v) is 4.50. The zero-order valence-electron chi connectivity index (χ0n) is 12.0. The molecule has 0 spiro atoms. The maximum atomic E-state index is 12.8. The Hall–Kier alpha value is -0.610. The lowest BCUT2D eigenvalue weighted by molar-refractivity contribution is -0.145. The normalized spacial score (nSPS) is 27.8. The standard InChI is InChI=1S/C14H28N2O2/c1-4-11(5-2)16(9-10-17)13(18)14(3)8-6-7-12(14)15/h11-12,17H,4-10,15H2,1-3H3. The van der Waals surface area contributed by atoms with Gasteiger partial charge in [0.15, 0.2) is 0 Å². The summed E-state index contributed by atoms with van der Waals surface area (Å²) >= 11 is 0. The van der Waals surface area contributed by atoms with Gasteiger partial charge in [-0.2, -0.15) is 0 Å². The van der Waals surface area contributed by atoms with Gasteiger partial charge in [0.2, 0.25) is 5.91 Å². The van der Waals surface area contributed by atoms with Crippen molar-refractivity contribution in [2.75, 3.05) is 13.2 Å². The first-order valence-electron chi connectivity index (χ1n) is 7.18. The van der Waals surface area contributed by atoms with Crippen molar-refractivity contribution in [3.8, 4) is 0 Å². The molecule has 106 valence electrons. The second-order valence-electron chi connectivity index (χ2n) is 5.61. The van der Waals surface area contributed by atoms with Crippen molar-refractivity contribution in [1.82, 2.24) is 4.90 Å². The van der Waals surface area contributed by atoms with E-state index in [0.717, 1.165) is 32.1 Å². The highest BCUT2D eigenvalue weighted by molar-refractivity contribution is 5.84. The van der Waals surface area contributed by atoms with Crippen LogP contribution in [0.4, 0.5) is 0 Å². The molecule has 1 fully saturated rings. The molecule has 1 aliphatic carbocycles. The third kappa shape index (κ3) is 2.86. The van der Waals surface area contributed by atoms with E-state index in [0.29, 0.717) is 6.54 Å². The van der Waals surface area contributed by atoms with Crippen molar-refractivity contribution >= 4 is 5.91 Å². The summed E-state index contributed by atoms with van der Waals surface area (Å²) < 4.78 is 0. The van der Waals surface area contributed by atoms with Crippen LogP contribution >= 0.6 is 0 Å². The van der Waals surface area contributed by atoms with Crippen LogP contribution in [-0.4, -0.2) is 41.1 Å². The molecular formula is C14H28N2O2. The Morgan fingerprint density at radius 1 is 1.50 bits per heavy atom. The maximum absolute atomic E-state index is 12.8. The molecule has 2 atom stereocenters. The Morgan fingerprint density at radius 3 is 2.50 bits per heavy atom. The Balaban J connectivity index is 2.88. The summed E-state index contributed by atoms with van der Waals surface area (Å²) in [6.45, 7) is 6.60. The maximum Gasteiger partial charge on any atom is 0.230 e. The van der Waals surface area contributed by atoms with Gasteiger partial charge in [-0.15, -0.1) is 0 Å². The van der Waals surface area contributed by atoms with Crippen molar-refractivity contribution in [3.63, 3.8) is 0 Å². The fraction of sp³-hybridized carbons (Fsp3) is 0.929. The average Bonchev–Trinajstić information content (AvgIpc) is 2.70. The third-order valence-electron chi connectivity index (χ3n) is 4.50. The molecule has 0 saturated heterocycles. The van der Waals surface area contributed by atoms with E-state index in [9.17, 15) is 9.90 Å². The van der Waals surface area contributed by atoms with Gasteiger partial charge in [-0.05, 0) is 32.6 Å². The molecule has 1 saturated carbocycles. The lowest BCUT2D eigenvalue weighted by Crippen LogP contribution is -2.53. The first kappa shape index (κ1) is 15.4. The van der Waals surface area contributed by atoms with Crippen molar-refractivity contribution in [2.45, 2.75) is 65.0 Å². The lowest BCUT2D eigenvalue weighted by Gasteiger charge is -2.38. The monoisotopic (exact) mass is 256 g/mol. The van der Waals surface area contributed by atoms with Gasteiger partial charge >= 0.3 is 0 Å². The van der Waals surface area contributed by atoms with E-state index in [1.165, 1.54) is 0 Å². The SMILES string of the molecule is CCC(CC)N(CCO)C(=O)C1(C)CCCC1N. The van der Waals surface area contributed by atoms with Crippen LogP contribution in [0, 0.1) is 5.41 Å². The van der Waals surface area contributed by atoms with Crippen LogP contribution in [0.15, 0.2) is 0 Å². The quantitative estimate of drug-likeness (QED) is 0.757. The van der Waals surface area contributed by atoms with Gasteiger partial charge in [-0.1, -0.05) is 20.3 Å². The van der Waals surface area contributed by atoms with E-state index in [2.05, 4.69) is 13.8 Å². The second kappa shape index (κ2) is 6.53. The second-order valence-corrected chi connectivity index (χ2v) is 5.61. The summed E-state index contributed by atoms with van der Waals surface area (Å²) in [5, 5.41) is 9.19. The van der Waals surface area contributed by atoms with Gasteiger partial charge in [-0.25, -0.2) is 0 Å². The van der Waals surface area contributed by atoms with E-state index in [1.807, 2.05) is 11.8 Å². The van der Waals surface area contributed by atoms with Crippen LogP contribution in [0.1, 0.15) is 52.9 Å². The van der Waals surface area contributed by atoms with Gasteiger partial charge in [0.25, 0.3) is 0 Å². The average molecular weight is 256 g/mol. The fourth-order valence-corrected chi connectivity index (χ4v) is 3.07. The molecule has 0 radical (unpaired) electrons. The number of aliphatic hydroxyl groups excluding tert-OH is 1. The summed E-state index contributed by atoms with van der Waals surface area (Å²) in [6.07, 6.45) is 4.67. The van der Waals surface area contributed by atoms with E-state index >= 15 is 0 Å². The topological polar surface area (TPSA) is 66.6 Å². The summed E-state index contributed by atoms with van der Waals surface area (Å²) in [6, 6.07) is 0.176. The number of nitrogens with two attached hydrogens (primary N) is 1. The van der Waals surface area contributed by atoms with Gasteiger partial charge < -0.3 is 15.7 Å². The summed E-state index contributed by atoms with van der Waals surface area (Å²) in [7, 11) is 0. The van der Waals surface area contributed by atoms with Crippen LogP contribution < -0.4 is 5.73 Å². The number of rotatable bonds is 6. The van der Waals surface area contributed by atoms with E-state index < -0.39 is 5.41 Å². The number of hydrogen-bond donors (Lipinski definition) is 2. The number of carbonyl (C=O) groups excluding carboxylic acids is 1. The number of amides is 1. The predicted molar refractivity (Wildman–Crippen MR) is 73.1 cm³/mol. The highest BCUT2D eigenvalue weighted by Gasteiger charge is 2.45. The van der Waals surface area contributed by atoms with Crippen molar-refractivity contribution in [2.24, 2.45) is 11.1 Å². The molecule has 0 heterocycles. The molecule has 4 nitrogen and oxygen atoms in total. The zero-order valence-corrected chi connectivity index (χ0v) is 12.0. The minimum atomic E-state index is -0.433. The van der Waals surface area contributed by atoms with Gasteiger partial charge in [-0.3, -0.25) is 4.79 Å². The molecule has 0 aromatic carbocycles. The van der Waals surface area contributed by atoms with E-state index in [4.69, 9.17) is 5.73 Å². The van der Waals surface area contributed by atoms with Gasteiger partial charge in [0.05, 0.1) is 12.0 Å². The Bertz CT molecular complexity index is 279. The molecule has 0 aliphatic heterocycles. The van der Waals surface area contributed by atoms with E-state index in [1.54, 1.807) is 0 Å². The van der Waals surface area contributed by atoms with Crippen LogP contribution in [-0.2, 0) is 4.79 Å². The van der Waals surface area contributed by atoms with Crippen LogP contribution in [0.3, 0.4) is 0 Å². The molecule has 4 heteroatoms. The molecule has 18 heavy (non-hydrogen) atoms. The van der Waals surface area contributed by atoms with Crippen LogP contribution in [0.25, 0.3) is 0 Å². The number of hydrogen-bond acceptors (Lipinski definition) is 3. The van der Waals surface area contributed by atoms with Crippen LogP contribution in [0.2, 0.25) is 0 Å². The minimum Gasteiger partial charge on any atom is -0.395 e. The number of nitrogens with zero attached hydrogens (tertiary/aromatic N) is 1. The van der Waals surface area contributed by atoms with Gasteiger partial charge in [0.1, 0.15) is 0 Å². The Kier molecular flexibility index (Phi) is 5.60. The molecule has 0 bridgehead atoms. The lowest BCUT2D eigenvalue weighted by atomic mass is 9.83. The molecular weight excluding hydrogens is 228 g/mol. The summed E-state index contributed by atoms with van der Waals surface area (Å²) in [5.41, 5.74) is 5.69. The molecule has 1 amide bonds. The highest BCUT2D eigenvalue weighted by Crippen LogP contribution is 2.39. The zero-order chi connectivity index (χ0) is 13.8. The van der Waals surface area contributed by atoms with Crippen LogP contribution in [0.5, 0.6) is 0 Å². The van der Waals surface area contributed by atoms with Crippen molar-refractivity contribution in [3.05, 3.63) is 0 Å². The first-order valence-corrected chi connectivity index (χ1v) is 7.18. The molecule has 0 aromatic heterocycles. The number of carbonyl (C=O) groups is 1. The first-order chi connectivity index (χ1) is 8.51.